The molecule has 0 atom stereocenters. The largest absolute Gasteiger partial charge is 0.496 e. The molecule has 0 radical (unpaired) electrons. The molecule has 0 amide bonds. The van der Waals surface area contributed by atoms with Crippen molar-refractivity contribution in [3.8, 4) is 17.0 Å². The Hall–Kier alpha value is -1.85. The summed E-state index contributed by atoms with van der Waals surface area (Å²) in [5.74, 6) is 0.842. The number of hydrogen-bond acceptors (Lipinski definition) is 4. The quantitative estimate of drug-likeness (QED) is 0.790. The summed E-state index contributed by atoms with van der Waals surface area (Å²) in [4.78, 5) is 5.90. The molecule has 2 N–H and O–H groups in total. The summed E-state index contributed by atoms with van der Waals surface area (Å²) < 4.78 is 7.80. The van der Waals surface area contributed by atoms with Gasteiger partial charge in [0.2, 0.25) is 0 Å². The molecule has 0 aliphatic heterocycles. The molecule has 0 spiro atoms. The Morgan fingerprint density at radius 3 is 2.65 bits per heavy atom. The molecule has 2 heterocycles. The van der Waals surface area contributed by atoms with Gasteiger partial charge in [-0.15, -0.1) is 11.3 Å². The number of rotatable bonds is 4. The van der Waals surface area contributed by atoms with Gasteiger partial charge in [-0.1, -0.05) is 32.9 Å². The zero-order valence-corrected chi connectivity index (χ0v) is 14.9. The van der Waals surface area contributed by atoms with Crippen molar-refractivity contribution in [3.63, 3.8) is 0 Å². The van der Waals surface area contributed by atoms with Crippen molar-refractivity contribution in [2.75, 3.05) is 13.7 Å². The monoisotopic (exact) mass is 329 g/mol. The van der Waals surface area contributed by atoms with E-state index in [9.17, 15) is 0 Å². The average molecular weight is 329 g/mol. The Kier molecular flexibility index (Phi) is 4.17. The molecular formula is C18H23N3OS. The minimum absolute atomic E-state index is 0.0559. The van der Waals surface area contributed by atoms with E-state index < -0.39 is 0 Å². The molecule has 5 heteroatoms. The smallest absolute Gasteiger partial charge is 0.194 e. The van der Waals surface area contributed by atoms with Crippen LogP contribution in [0.3, 0.4) is 0 Å². The first-order valence-electron chi connectivity index (χ1n) is 7.80. The van der Waals surface area contributed by atoms with Crippen LogP contribution < -0.4 is 10.5 Å². The summed E-state index contributed by atoms with van der Waals surface area (Å²) in [6.07, 6.45) is 0.786. The van der Waals surface area contributed by atoms with Crippen LogP contribution in [0.5, 0.6) is 5.75 Å². The van der Waals surface area contributed by atoms with Crippen molar-refractivity contribution < 1.29 is 4.74 Å². The van der Waals surface area contributed by atoms with Gasteiger partial charge in [-0.05, 0) is 18.7 Å². The molecule has 4 nitrogen and oxygen atoms in total. The van der Waals surface area contributed by atoms with E-state index in [2.05, 4.69) is 36.6 Å². The van der Waals surface area contributed by atoms with E-state index >= 15 is 0 Å². The Morgan fingerprint density at radius 2 is 2.00 bits per heavy atom. The molecule has 0 bridgehead atoms. The molecular weight excluding hydrogens is 306 g/mol. The number of hydrogen-bond donors (Lipinski definition) is 1. The van der Waals surface area contributed by atoms with Gasteiger partial charge in [0.15, 0.2) is 4.96 Å². The topological polar surface area (TPSA) is 52.5 Å². The zero-order valence-electron chi connectivity index (χ0n) is 14.1. The summed E-state index contributed by atoms with van der Waals surface area (Å²) in [5.41, 5.74) is 10.4. The van der Waals surface area contributed by atoms with E-state index in [0.717, 1.165) is 34.1 Å². The van der Waals surface area contributed by atoms with Crippen LogP contribution in [0.1, 0.15) is 32.2 Å². The van der Waals surface area contributed by atoms with Crippen molar-refractivity contribution in [2.24, 2.45) is 5.73 Å². The van der Waals surface area contributed by atoms with Crippen molar-refractivity contribution in [1.82, 2.24) is 9.38 Å². The predicted molar refractivity (Wildman–Crippen MR) is 96.5 cm³/mol. The Balaban J connectivity index is 2.30. The lowest BCUT2D eigenvalue weighted by Crippen LogP contribution is -2.16. The molecule has 0 saturated carbocycles. The second-order valence-electron chi connectivity index (χ2n) is 6.63. The minimum Gasteiger partial charge on any atom is -0.496 e. The van der Waals surface area contributed by atoms with Crippen LogP contribution in [0.4, 0.5) is 0 Å². The maximum Gasteiger partial charge on any atom is 0.194 e. The molecule has 3 rings (SSSR count). The molecule has 2 aromatic heterocycles. The third-order valence-electron chi connectivity index (χ3n) is 3.97. The highest BCUT2D eigenvalue weighted by Gasteiger charge is 2.24. The first-order chi connectivity index (χ1) is 11.0. The number of thiazole rings is 1. The van der Waals surface area contributed by atoms with E-state index in [0.29, 0.717) is 6.54 Å². The maximum absolute atomic E-state index is 5.89. The van der Waals surface area contributed by atoms with E-state index in [1.165, 1.54) is 5.69 Å². The lowest BCUT2D eigenvalue weighted by molar-refractivity contribution is 0.416. The number of para-hydroxylation sites is 1. The molecule has 122 valence electrons. The van der Waals surface area contributed by atoms with E-state index in [4.69, 9.17) is 15.5 Å². The average Bonchev–Trinajstić information content (AvgIpc) is 3.07. The van der Waals surface area contributed by atoms with Crippen LogP contribution in [-0.4, -0.2) is 23.0 Å². The third kappa shape index (κ3) is 2.75. The summed E-state index contributed by atoms with van der Waals surface area (Å²) in [5, 5.41) is 2.20. The van der Waals surface area contributed by atoms with E-state index in [1.54, 1.807) is 18.4 Å². The van der Waals surface area contributed by atoms with Crippen LogP contribution in [0.25, 0.3) is 16.2 Å². The summed E-state index contributed by atoms with van der Waals surface area (Å²) in [6, 6.07) is 8.02. The van der Waals surface area contributed by atoms with Crippen LogP contribution >= 0.6 is 11.3 Å². The lowest BCUT2D eigenvalue weighted by atomic mass is 9.93. The summed E-state index contributed by atoms with van der Waals surface area (Å²) in [7, 11) is 1.69. The summed E-state index contributed by atoms with van der Waals surface area (Å²) >= 11 is 1.68. The van der Waals surface area contributed by atoms with Crippen molar-refractivity contribution in [1.29, 1.82) is 0 Å². The van der Waals surface area contributed by atoms with Gasteiger partial charge in [-0.25, -0.2) is 4.98 Å². The number of aromatic nitrogens is 2. The van der Waals surface area contributed by atoms with Crippen molar-refractivity contribution in [3.05, 3.63) is 41.0 Å². The van der Waals surface area contributed by atoms with Crippen LogP contribution in [0, 0.1) is 0 Å². The minimum atomic E-state index is 0.0559. The van der Waals surface area contributed by atoms with Crippen molar-refractivity contribution in [2.45, 2.75) is 32.6 Å². The molecule has 0 aliphatic rings. The van der Waals surface area contributed by atoms with Gasteiger partial charge in [0.05, 0.1) is 18.5 Å². The van der Waals surface area contributed by atoms with Crippen molar-refractivity contribution >= 4 is 16.3 Å². The van der Waals surface area contributed by atoms with Gasteiger partial charge in [0.25, 0.3) is 0 Å². The highest BCUT2D eigenvalue weighted by molar-refractivity contribution is 7.15. The molecule has 1 aromatic carbocycles. The fourth-order valence-corrected chi connectivity index (χ4v) is 3.99. The van der Waals surface area contributed by atoms with E-state index in [-0.39, 0.29) is 5.41 Å². The Bertz CT molecular complexity index is 827. The standard InChI is InChI=1S/C18H23N3OS/c1-18(2,3)15-11-23-17-20-16(13(9-10-19)21(15)17)12-7-5-6-8-14(12)22-4/h5-8,11H,9-10,19H2,1-4H3. The second kappa shape index (κ2) is 5.98. The van der Waals surface area contributed by atoms with Gasteiger partial charge < -0.3 is 10.5 Å². The van der Waals surface area contributed by atoms with Crippen LogP contribution in [0.15, 0.2) is 29.6 Å². The predicted octanol–water partition coefficient (Wildman–Crippen LogP) is 3.87. The Morgan fingerprint density at radius 1 is 1.26 bits per heavy atom. The van der Waals surface area contributed by atoms with Gasteiger partial charge in [0.1, 0.15) is 5.75 Å². The number of ether oxygens (including phenoxy) is 1. The second-order valence-corrected chi connectivity index (χ2v) is 7.47. The number of benzene rings is 1. The van der Waals surface area contributed by atoms with Crippen LogP contribution in [0.2, 0.25) is 0 Å². The fourth-order valence-electron chi connectivity index (χ4n) is 2.86. The number of methoxy groups -OCH3 is 1. The molecule has 0 aliphatic carbocycles. The Labute approximate surface area is 140 Å². The molecule has 0 unspecified atom stereocenters. The number of nitrogens with zero attached hydrogens (tertiary/aromatic N) is 2. The number of nitrogens with two attached hydrogens (primary N) is 1. The molecule has 23 heavy (non-hydrogen) atoms. The molecule has 0 fully saturated rings. The number of fused-ring (bicyclic) bond motifs is 1. The van der Waals surface area contributed by atoms with Gasteiger partial charge in [-0.3, -0.25) is 4.40 Å². The maximum atomic E-state index is 5.89. The lowest BCUT2D eigenvalue weighted by Gasteiger charge is -2.19. The van der Waals surface area contributed by atoms with Gasteiger partial charge in [-0.2, -0.15) is 0 Å². The third-order valence-corrected chi connectivity index (χ3v) is 4.80. The highest BCUT2D eigenvalue weighted by Crippen LogP contribution is 2.36. The van der Waals surface area contributed by atoms with Gasteiger partial charge in [0, 0.05) is 28.5 Å². The molecule has 3 aromatic rings. The fraction of sp³-hybridized carbons (Fsp3) is 0.389. The molecule has 0 saturated heterocycles. The zero-order chi connectivity index (χ0) is 16.6. The van der Waals surface area contributed by atoms with E-state index in [1.807, 2.05) is 18.2 Å². The van der Waals surface area contributed by atoms with Gasteiger partial charge >= 0.3 is 0 Å². The first-order valence-corrected chi connectivity index (χ1v) is 8.68. The summed E-state index contributed by atoms with van der Waals surface area (Å²) in [6.45, 7) is 7.27. The SMILES string of the molecule is COc1ccccc1-c1nc2scc(C(C)(C)C)n2c1CCN. The normalized spacial score (nSPS) is 12.0. The number of imidazole rings is 1. The van der Waals surface area contributed by atoms with Crippen LogP contribution in [-0.2, 0) is 11.8 Å². The first kappa shape index (κ1) is 16.0. The highest BCUT2D eigenvalue weighted by atomic mass is 32.1.